The molecule has 3 aliphatic rings. The van der Waals surface area contributed by atoms with Gasteiger partial charge in [0.25, 0.3) is 0 Å². The second kappa shape index (κ2) is 9.78. The van der Waals surface area contributed by atoms with Crippen molar-refractivity contribution in [3.05, 3.63) is 0 Å². The van der Waals surface area contributed by atoms with E-state index in [2.05, 4.69) is 15.1 Å². The maximum absolute atomic E-state index is 8.91. The zero-order chi connectivity index (χ0) is 15.7. The van der Waals surface area contributed by atoms with Crippen LogP contribution in [0.15, 0.2) is 0 Å². The molecule has 3 saturated heterocycles. The lowest BCUT2D eigenvalue weighted by atomic mass is 9.74. The number of hydrogen-bond donors (Lipinski definition) is 2. The van der Waals surface area contributed by atoms with Crippen molar-refractivity contribution in [2.24, 2.45) is 11.3 Å². The van der Waals surface area contributed by atoms with Crippen LogP contribution in [0.25, 0.3) is 0 Å². The van der Waals surface area contributed by atoms with Gasteiger partial charge in [0.05, 0.1) is 6.61 Å². The number of β-amino-alcohol motifs (C(OH)–C–C–N with tert-alkyl or cyclic N) is 1. The molecule has 3 rings (SSSR count). The van der Waals surface area contributed by atoms with Crippen molar-refractivity contribution in [2.45, 2.75) is 40.5 Å². The molecule has 1 spiro atoms. The fourth-order valence-corrected chi connectivity index (χ4v) is 3.63. The van der Waals surface area contributed by atoms with Gasteiger partial charge in [0.1, 0.15) is 0 Å². The minimum atomic E-state index is 0.312. The molecule has 0 unspecified atom stereocenters. The van der Waals surface area contributed by atoms with Gasteiger partial charge >= 0.3 is 0 Å². The highest BCUT2D eigenvalue weighted by Crippen LogP contribution is 2.35. The van der Waals surface area contributed by atoms with E-state index < -0.39 is 0 Å². The molecule has 0 amide bonds. The maximum atomic E-state index is 8.91. The quantitative estimate of drug-likeness (QED) is 0.828. The number of aliphatic hydroxyl groups excluding tert-OH is 1. The second-order valence-corrected chi connectivity index (χ2v) is 6.28. The van der Waals surface area contributed by atoms with Gasteiger partial charge in [0.2, 0.25) is 0 Å². The minimum absolute atomic E-state index is 0.312. The zero-order valence-electron chi connectivity index (χ0n) is 14.7. The van der Waals surface area contributed by atoms with E-state index >= 15 is 0 Å². The lowest BCUT2D eigenvalue weighted by Gasteiger charge is -2.57. The molecular formula is C17H37N3O. The number of piperidine rings is 1. The van der Waals surface area contributed by atoms with Crippen LogP contribution in [0.3, 0.4) is 0 Å². The van der Waals surface area contributed by atoms with Crippen molar-refractivity contribution in [1.29, 1.82) is 0 Å². The molecule has 0 aromatic heterocycles. The summed E-state index contributed by atoms with van der Waals surface area (Å²) in [7, 11) is 0. The van der Waals surface area contributed by atoms with Crippen LogP contribution < -0.4 is 5.32 Å². The third kappa shape index (κ3) is 5.20. The first-order valence-corrected chi connectivity index (χ1v) is 9.06. The fraction of sp³-hybridized carbons (Fsp3) is 1.00. The Kier molecular flexibility index (Phi) is 8.79. The molecule has 3 aliphatic heterocycles. The van der Waals surface area contributed by atoms with Gasteiger partial charge in [-0.1, -0.05) is 27.7 Å². The van der Waals surface area contributed by atoms with E-state index in [1.807, 2.05) is 27.7 Å². The SMILES string of the molecule is CC.CC.OCCN1CCC(CN2CC3(CNC3)C2)CC1. The second-order valence-electron chi connectivity index (χ2n) is 6.28. The van der Waals surface area contributed by atoms with E-state index in [0.717, 1.165) is 12.5 Å². The highest BCUT2D eigenvalue weighted by Gasteiger charge is 2.47. The standard InChI is InChI=1S/C13H25N3O.2C2H6/c17-6-5-15-3-1-12(2-4-15)7-16-10-13(11-16)8-14-9-13;2*1-2/h12,14,17H,1-11H2;2*1-2H3. The lowest BCUT2D eigenvalue weighted by Crippen LogP contribution is -2.71. The van der Waals surface area contributed by atoms with E-state index in [1.54, 1.807) is 0 Å². The fourth-order valence-electron chi connectivity index (χ4n) is 3.63. The number of rotatable bonds is 4. The molecule has 0 radical (unpaired) electrons. The summed E-state index contributed by atoms with van der Waals surface area (Å²) in [4.78, 5) is 5.04. The molecule has 0 aromatic rings. The van der Waals surface area contributed by atoms with E-state index in [4.69, 9.17) is 5.11 Å². The summed E-state index contributed by atoms with van der Waals surface area (Å²) in [6.45, 7) is 18.0. The van der Waals surface area contributed by atoms with E-state index in [9.17, 15) is 0 Å². The third-order valence-electron chi connectivity index (χ3n) is 4.76. The Morgan fingerprint density at radius 1 is 1.00 bits per heavy atom. The van der Waals surface area contributed by atoms with Gasteiger partial charge in [0.15, 0.2) is 0 Å². The molecule has 0 aliphatic carbocycles. The van der Waals surface area contributed by atoms with Crippen LogP contribution in [0.2, 0.25) is 0 Å². The summed E-state index contributed by atoms with van der Waals surface area (Å²) in [6, 6.07) is 0. The first kappa shape index (κ1) is 18.9. The summed E-state index contributed by atoms with van der Waals surface area (Å²) in [5.41, 5.74) is 0.678. The average molecular weight is 300 g/mol. The molecule has 126 valence electrons. The molecule has 4 nitrogen and oxygen atoms in total. The van der Waals surface area contributed by atoms with Crippen molar-refractivity contribution < 1.29 is 5.11 Å². The first-order chi connectivity index (χ1) is 10.3. The van der Waals surface area contributed by atoms with Gasteiger partial charge in [-0.05, 0) is 31.8 Å². The Hall–Kier alpha value is -0.160. The molecule has 0 saturated carbocycles. The average Bonchev–Trinajstić information content (AvgIpc) is 2.47. The first-order valence-electron chi connectivity index (χ1n) is 9.06. The Bertz CT molecular complexity index is 253. The summed E-state index contributed by atoms with van der Waals surface area (Å²) >= 11 is 0. The van der Waals surface area contributed by atoms with Crippen molar-refractivity contribution in [1.82, 2.24) is 15.1 Å². The van der Waals surface area contributed by atoms with Gasteiger partial charge in [-0.25, -0.2) is 0 Å². The van der Waals surface area contributed by atoms with Crippen LogP contribution in [0.5, 0.6) is 0 Å². The highest BCUT2D eigenvalue weighted by molar-refractivity contribution is 5.04. The molecule has 3 heterocycles. The van der Waals surface area contributed by atoms with Gasteiger partial charge in [-0.2, -0.15) is 0 Å². The number of aliphatic hydroxyl groups is 1. The normalized spacial score (nSPS) is 25.0. The number of hydrogen-bond acceptors (Lipinski definition) is 4. The zero-order valence-corrected chi connectivity index (χ0v) is 14.7. The molecule has 0 bridgehead atoms. The predicted molar refractivity (Wildman–Crippen MR) is 90.7 cm³/mol. The van der Waals surface area contributed by atoms with Crippen LogP contribution in [0, 0.1) is 11.3 Å². The highest BCUT2D eigenvalue weighted by atomic mass is 16.3. The molecule has 2 N–H and O–H groups in total. The predicted octanol–water partition coefficient (Wildman–Crippen LogP) is 1.65. The molecule has 0 aromatic carbocycles. The van der Waals surface area contributed by atoms with Gasteiger partial charge < -0.3 is 20.2 Å². The van der Waals surface area contributed by atoms with Gasteiger partial charge in [-0.15, -0.1) is 0 Å². The Balaban J connectivity index is 0.000000510. The van der Waals surface area contributed by atoms with Crippen molar-refractivity contribution in [3.63, 3.8) is 0 Å². The number of nitrogens with zero attached hydrogens (tertiary/aromatic N) is 2. The summed E-state index contributed by atoms with van der Waals surface area (Å²) in [5.74, 6) is 0.898. The van der Waals surface area contributed by atoms with Crippen molar-refractivity contribution in [2.75, 3.05) is 59.0 Å². The largest absolute Gasteiger partial charge is 0.395 e. The maximum Gasteiger partial charge on any atom is 0.0558 e. The lowest BCUT2D eigenvalue weighted by molar-refractivity contribution is -0.0513. The molecule has 4 heteroatoms. The Labute approximate surface area is 131 Å². The smallest absolute Gasteiger partial charge is 0.0558 e. The third-order valence-corrected chi connectivity index (χ3v) is 4.76. The number of likely N-dealkylation sites (tertiary alicyclic amines) is 2. The molecule has 3 fully saturated rings. The van der Waals surface area contributed by atoms with Crippen molar-refractivity contribution >= 4 is 0 Å². The van der Waals surface area contributed by atoms with Crippen LogP contribution in [-0.2, 0) is 0 Å². The summed E-state index contributed by atoms with van der Waals surface area (Å²) < 4.78 is 0. The summed E-state index contributed by atoms with van der Waals surface area (Å²) in [5, 5.41) is 12.3. The Morgan fingerprint density at radius 3 is 2.00 bits per heavy atom. The molecule has 0 atom stereocenters. The topological polar surface area (TPSA) is 38.7 Å². The molecular weight excluding hydrogens is 262 g/mol. The van der Waals surface area contributed by atoms with E-state index in [-0.39, 0.29) is 0 Å². The van der Waals surface area contributed by atoms with E-state index in [0.29, 0.717) is 12.0 Å². The van der Waals surface area contributed by atoms with E-state index in [1.165, 1.54) is 58.7 Å². The monoisotopic (exact) mass is 299 g/mol. The van der Waals surface area contributed by atoms with Crippen molar-refractivity contribution in [3.8, 4) is 0 Å². The van der Waals surface area contributed by atoms with Crippen LogP contribution in [0.1, 0.15) is 40.5 Å². The number of nitrogens with one attached hydrogen (secondary N) is 1. The van der Waals surface area contributed by atoms with Gasteiger partial charge in [-0.3, -0.25) is 0 Å². The molecule has 21 heavy (non-hydrogen) atoms. The van der Waals surface area contributed by atoms with Crippen LogP contribution in [-0.4, -0.2) is 73.9 Å². The minimum Gasteiger partial charge on any atom is -0.395 e. The van der Waals surface area contributed by atoms with Gasteiger partial charge in [0, 0.05) is 44.7 Å². The van der Waals surface area contributed by atoms with Crippen LogP contribution >= 0.6 is 0 Å². The van der Waals surface area contributed by atoms with Crippen LogP contribution in [0.4, 0.5) is 0 Å². The summed E-state index contributed by atoms with van der Waals surface area (Å²) in [6.07, 6.45) is 2.64. The Morgan fingerprint density at radius 2 is 1.57 bits per heavy atom.